The summed E-state index contributed by atoms with van der Waals surface area (Å²) in [6.07, 6.45) is 5.10. The highest BCUT2D eigenvalue weighted by atomic mass is 16.5. The number of nitrogens with zero attached hydrogens (tertiary/aromatic N) is 1. The summed E-state index contributed by atoms with van der Waals surface area (Å²) in [6, 6.07) is 3.37. The SMILES string of the molecule is C#Cc1ccc(OC)c(N)n1. The van der Waals surface area contributed by atoms with Gasteiger partial charge in [0.05, 0.1) is 7.11 Å². The Morgan fingerprint density at radius 3 is 2.82 bits per heavy atom. The molecule has 1 rings (SSSR count). The number of methoxy groups -OCH3 is 1. The van der Waals surface area contributed by atoms with Crippen LogP contribution in [0.15, 0.2) is 12.1 Å². The Hall–Kier alpha value is -1.69. The van der Waals surface area contributed by atoms with Gasteiger partial charge in [0.1, 0.15) is 5.69 Å². The third-order valence-corrected chi connectivity index (χ3v) is 1.25. The fraction of sp³-hybridized carbons (Fsp3) is 0.125. The number of ether oxygens (including phenoxy) is 1. The van der Waals surface area contributed by atoms with Crippen LogP contribution in [0.2, 0.25) is 0 Å². The standard InChI is InChI=1S/C8H8N2O/c1-3-6-4-5-7(11-2)8(9)10-6/h1,4-5H,2H3,(H2,9,10). The molecule has 56 valence electrons. The van der Waals surface area contributed by atoms with Crippen LogP contribution in [0.5, 0.6) is 5.75 Å². The molecular formula is C8H8N2O. The molecule has 3 nitrogen and oxygen atoms in total. The smallest absolute Gasteiger partial charge is 0.167 e. The van der Waals surface area contributed by atoms with E-state index in [1.54, 1.807) is 12.1 Å². The van der Waals surface area contributed by atoms with Crippen molar-refractivity contribution in [2.24, 2.45) is 0 Å². The van der Waals surface area contributed by atoms with Crippen molar-refractivity contribution in [1.82, 2.24) is 4.98 Å². The fourth-order valence-electron chi connectivity index (χ4n) is 0.715. The topological polar surface area (TPSA) is 48.1 Å². The van der Waals surface area contributed by atoms with E-state index in [0.717, 1.165) is 0 Å². The van der Waals surface area contributed by atoms with Gasteiger partial charge in [-0.2, -0.15) is 0 Å². The zero-order valence-electron chi connectivity index (χ0n) is 6.16. The van der Waals surface area contributed by atoms with E-state index in [2.05, 4.69) is 10.9 Å². The second-order valence-electron chi connectivity index (χ2n) is 1.93. The molecule has 0 aliphatic carbocycles. The Morgan fingerprint density at radius 1 is 1.64 bits per heavy atom. The van der Waals surface area contributed by atoms with Crippen LogP contribution >= 0.6 is 0 Å². The van der Waals surface area contributed by atoms with E-state index >= 15 is 0 Å². The lowest BCUT2D eigenvalue weighted by atomic mass is 10.3. The van der Waals surface area contributed by atoms with E-state index in [1.807, 2.05) is 0 Å². The molecular weight excluding hydrogens is 140 g/mol. The fourth-order valence-corrected chi connectivity index (χ4v) is 0.715. The molecule has 0 aliphatic rings. The number of hydrogen-bond acceptors (Lipinski definition) is 3. The van der Waals surface area contributed by atoms with Crippen LogP contribution in [-0.4, -0.2) is 12.1 Å². The van der Waals surface area contributed by atoms with E-state index in [0.29, 0.717) is 17.3 Å². The zero-order valence-corrected chi connectivity index (χ0v) is 6.16. The Kier molecular flexibility index (Phi) is 1.98. The number of terminal acetylenes is 1. The molecule has 2 N–H and O–H groups in total. The highest BCUT2D eigenvalue weighted by Gasteiger charge is 1.98. The van der Waals surface area contributed by atoms with Gasteiger partial charge in [-0.15, -0.1) is 6.42 Å². The molecule has 0 aromatic carbocycles. The summed E-state index contributed by atoms with van der Waals surface area (Å²) in [6.45, 7) is 0. The van der Waals surface area contributed by atoms with Gasteiger partial charge in [0, 0.05) is 0 Å². The number of rotatable bonds is 1. The van der Waals surface area contributed by atoms with E-state index in [4.69, 9.17) is 16.9 Å². The average molecular weight is 148 g/mol. The number of nitrogen functional groups attached to an aromatic ring is 1. The molecule has 0 spiro atoms. The molecule has 0 aliphatic heterocycles. The van der Waals surface area contributed by atoms with Crippen molar-refractivity contribution in [3.05, 3.63) is 17.8 Å². The van der Waals surface area contributed by atoms with E-state index in [9.17, 15) is 0 Å². The zero-order chi connectivity index (χ0) is 8.27. The van der Waals surface area contributed by atoms with E-state index < -0.39 is 0 Å². The van der Waals surface area contributed by atoms with E-state index in [1.165, 1.54) is 7.11 Å². The van der Waals surface area contributed by atoms with Crippen LogP contribution in [0.3, 0.4) is 0 Å². The molecule has 1 aromatic rings. The maximum absolute atomic E-state index is 5.48. The first kappa shape index (κ1) is 7.42. The molecule has 0 atom stereocenters. The van der Waals surface area contributed by atoms with Crippen molar-refractivity contribution in [3.8, 4) is 18.1 Å². The number of hydrogen-bond donors (Lipinski definition) is 1. The predicted molar refractivity (Wildman–Crippen MR) is 43.1 cm³/mol. The van der Waals surface area contributed by atoms with Gasteiger partial charge >= 0.3 is 0 Å². The molecule has 0 fully saturated rings. The van der Waals surface area contributed by atoms with Gasteiger partial charge in [-0.3, -0.25) is 0 Å². The van der Waals surface area contributed by atoms with E-state index in [-0.39, 0.29) is 0 Å². The first-order chi connectivity index (χ1) is 5.27. The van der Waals surface area contributed by atoms with Crippen molar-refractivity contribution in [2.75, 3.05) is 12.8 Å². The minimum Gasteiger partial charge on any atom is -0.493 e. The Balaban J connectivity index is 3.12. The molecule has 0 amide bonds. The number of pyridine rings is 1. The first-order valence-corrected chi connectivity index (χ1v) is 3.05. The maximum Gasteiger partial charge on any atom is 0.167 e. The second-order valence-corrected chi connectivity index (χ2v) is 1.93. The summed E-state index contributed by atoms with van der Waals surface area (Å²) in [4.78, 5) is 3.88. The molecule has 0 unspecified atom stereocenters. The van der Waals surface area contributed by atoms with Crippen molar-refractivity contribution >= 4 is 5.82 Å². The second kappa shape index (κ2) is 2.93. The number of anilines is 1. The molecule has 11 heavy (non-hydrogen) atoms. The molecule has 1 heterocycles. The largest absolute Gasteiger partial charge is 0.493 e. The van der Waals surface area contributed by atoms with Gasteiger partial charge < -0.3 is 10.5 Å². The molecule has 1 aromatic heterocycles. The van der Waals surface area contributed by atoms with Gasteiger partial charge in [-0.1, -0.05) is 5.92 Å². The van der Waals surface area contributed by atoms with Gasteiger partial charge in [0.15, 0.2) is 11.6 Å². The number of aromatic nitrogens is 1. The molecule has 3 heteroatoms. The first-order valence-electron chi connectivity index (χ1n) is 3.05. The highest BCUT2D eigenvalue weighted by Crippen LogP contribution is 2.17. The lowest BCUT2D eigenvalue weighted by Crippen LogP contribution is -1.96. The van der Waals surface area contributed by atoms with Crippen molar-refractivity contribution in [2.45, 2.75) is 0 Å². The Labute approximate surface area is 65.2 Å². The normalized spacial score (nSPS) is 8.73. The molecule has 0 saturated heterocycles. The van der Waals surface area contributed by atoms with Crippen LogP contribution in [0.25, 0.3) is 0 Å². The van der Waals surface area contributed by atoms with Crippen LogP contribution in [0.4, 0.5) is 5.82 Å². The Morgan fingerprint density at radius 2 is 2.36 bits per heavy atom. The Bertz CT molecular complexity index is 301. The molecule has 0 bridgehead atoms. The quantitative estimate of drug-likeness (QED) is 0.595. The van der Waals surface area contributed by atoms with Crippen LogP contribution in [0.1, 0.15) is 5.69 Å². The lowest BCUT2D eigenvalue weighted by molar-refractivity contribution is 0.415. The van der Waals surface area contributed by atoms with Gasteiger partial charge in [-0.05, 0) is 12.1 Å². The van der Waals surface area contributed by atoms with Crippen molar-refractivity contribution in [3.63, 3.8) is 0 Å². The summed E-state index contributed by atoms with van der Waals surface area (Å²) in [7, 11) is 1.53. The van der Waals surface area contributed by atoms with Crippen LogP contribution < -0.4 is 10.5 Å². The van der Waals surface area contributed by atoms with Crippen molar-refractivity contribution < 1.29 is 4.74 Å². The van der Waals surface area contributed by atoms with Gasteiger partial charge in [-0.25, -0.2) is 4.98 Å². The van der Waals surface area contributed by atoms with Gasteiger partial charge in [0.25, 0.3) is 0 Å². The monoisotopic (exact) mass is 148 g/mol. The average Bonchev–Trinajstić information content (AvgIpc) is 2.04. The van der Waals surface area contributed by atoms with Gasteiger partial charge in [0.2, 0.25) is 0 Å². The third kappa shape index (κ3) is 1.41. The number of nitrogens with two attached hydrogens (primary N) is 1. The third-order valence-electron chi connectivity index (χ3n) is 1.25. The van der Waals surface area contributed by atoms with Crippen LogP contribution in [0, 0.1) is 12.3 Å². The highest BCUT2D eigenvalue weighted by molar-refractivity contribution is 5.48. The van der Waals surface area contributed by atoms with Crippen LogP contribution in [-0.2, 0) is 0 Å². The summed E-state index contributed by atoms with van der Waals surface area (Å²) >= 11 is 0. The summed E-state index contributed by atoms with van der Waals surface area (Å²) in [5.41, 5.74) is 5.99. The molecule has 0 saturated carbocycles. The minimum atomic E-state index is 0.322. The lowest BCUT2D eigenvalue weighted by Gasteiger charge is -2.01. The summed E-state index contributed by atoms with van der Waals surface area (Å²) < 4.78 is 4.89. The predicted octanol–water partition coefficient (Wildman–Crippen LogP) is 0.654. The minimum absolute atomic E-state index is 0.322. The summed E-state index contributed by atoms with van der Waals surface area (Å²) in [5.74, 6) is 3.24. The maximum atomic E-state index is 5.48. The summed E-state index contributed by atoms with van der Waals surface area (Å²) in [5, 5.41) is 0. The van der Waals surface area contributed by atoms with Crippen molar-refractivity contribution in [1.29, 1.82) is 0 Å². The molecule has 0 radical (unpaired) electrons.